The van der Waals surface area contributed by atoms with E-state index >= 15 is 0 Å². The Labute approximate surface area is 128 Å². The third kappa shape index (κ3) is 4.51. The van der Waals surface area contributed by atoms with E-state index < -0.39 is 10.2 Å². The van der Waals surface area contributed by atoms with Gasteiger partial charge in [0.2, 0.25) is 0 Å². The van der Waals surface area contributed by atoms with Crippen molar-refractivity contribution in [2.24, 2.45) is 5.92 Å². The van der Waals surface area contributed by atoms with Crippen molar-refractivity contribution in [2.45, 2.75) is 19.4 Å². The van der Waals surface area contributed by atoms with Crippen LogP contribution >= 0.6 is 0 Å². The summed E-state index contributed by atoms with van der Waals surface area (Å²) < 4.78 is 28.0. The van der Waals surface area contributed by atoms with Gasteiger partial charge in [0, 0.05) is 27.2 Å². The molecule has 0 aromatic heterocycles. The molecule has 0 bridgehead atoms. The first kappa shape index (κ1) is 16.4. The monoisotopic (exact) mass is 311 g/mol. The number of nitrogens with zero attached hydrogens (tertiary/aromatic N) is 2. The van der Waals surface area contributed by atoms with Crippen molar-refractivity contribution in [1.29, 1.82) is 0 Å². The van der Waals surface area contributed by atoms with Gasteiger partial charge in [0.05, 0.1) is 0 Å². The molecule has 0 spiro atoms. The van der Waals surface area contributed by atoms with Crippen LogP contribution in [-0.4, -0.2) is 50.8 Å². The van der Waals surface area contributed by atoms with Gasteiger partial charge in [-0.05, 0) is 37.4 Å². The van der Waals surface area contributed by atoms with Crippen LogP contribution in [0.2, 0.25) is 0 Å². The molecule has 1 saturated heterocycles. The summed E-state index contributed by atoms with van der Waals surface area (Å²) in [6, 6.07) is 9.66. The summed E-state index contributed by atoms with van der Waals surface area (Å²) in [6.07, 6.45) is 2.22. The molecule has 118 valence electrons. The Bertz CT molecular complexity index is 527. The summed E-state index contributed by atoms with van der Waals surface area (Å²) in [5.41, 5.74) is 0.997. The van der Waals surface area contributed by atoms with E-state index in [9.17, 15) is 8.42 Å². The molecular formula is C15H25N3O2S. The second-order valence-corrected chi connectivity index (χ2v) is 7.88. The first-order chi connectivity index (χ1) is 10.00. The molecule has 2 rings (SSSR count). The zero-order valence-corrected chi connectivity index (χ0v) is 13.6. The predicted octanol–water partition coefficient (Wildman–Crippen LogP) is 1.29. The molecule has 0 amide bonds. The summed E-state index contributed by atoms with van der Waals surface area (Å²) >= 11 is 0. The maximum absolute atomic E-state index is 12.5. The SMILES string of the molecule is CN(Cc1ccccc1)S(=O)(=O)N(C)CC1CCCNC1. The van der Waals surface area contributed by atoms with Gasteiger partial charge in [-0.2, -0.15) is 17.0 Å². The Hall–Kier alpha value is -0.950. The molecule has 0 radical (unpaired) electrons. The highest BCUT2D eigenvalue weighted by Crippen LogP contribution is 2.15. The van der Waals surface area contributed by atoms with E-state index in [4.69, 9.17) is 0 Å². The zero-order chi connectivity index (χ0) is 15.3. The van der Waals surface area contributed by atoms with Crippen LogP contribution in [-0.2, 0) is 16.8 Å². The van der Waals surface area contributed by atoms with Crippen LogP contribution < -0.4 is 5.32 Å². The minimum Gasteiger partial charge on any atom is -0.316 e. The molecule has 6 heteroatoms. The van der Waals surface area contributed by atoms with Crippen LogP contribution in [0.25, 0.3) is 0 Å². The Morgan fingerprint density at radius 1 is 1.19 bits per heavy atom. The summed E-state index contributed by atoms with van der Waals surface area (Å²) in [4.78, 5) is 0. The fourth-order valence-electron chi connectivity index (χ4n) is 2.70. The molecule has 1 aromatic rings. The lowest BCUT2D eigenvalue weighted by atomic mass is 10.00. The van der Waals surface area contributed by atoms with Crippen LogP contribution in [0.4, 0.5) is 0 Å². The lowest BCUT2D eigenvalue weighted by molar-refractivity contribution is 0.300. The van der Waals surface area contributed by atoms with E-state index in [-0.39, 0.29) is 0 Å². The summed E-state index contributed by atoms with van der Waals surface area (Å²) in [5, 5.41) is 3.33. The van der Waals surface area contributed by atoms with Gasteiger partial charge in [0.15, 0.2) is 0 Å². The molecule has 0 saturated carbocycles. The number of nitrogens with one attached hydrogen (secondary N) is 1. The van der Waals surface area contributed by atoms with E-state index in [0.717, 1.165) is 31.5 Å². The Kier molecular flexibility index (Phi) is 5.75. The summed E-state index contributed by atoms with van der Waals surface area (Å²) in [5.74, 6) is 0.406. The third-order valence-corrected chi connectivity index (χ3v) is 5.80. The van der Waals surface area contributed by atoms with Crippen molar-refractivity contribution < 1.29 is 8.42 Å². The zero-order valence-electron chi connectivity index (χ0n) is 12.8. The average Bonchev–Trinajstić information content (AvgIpc) is 2.49. The quantitative estimate of drug-likeness (QED) is 0.861. The van der Waals surface area contributed by atoms with Gasteiger partial charge in [0.1, 0.15) is 0 Å². The van der Waals surface area contributed by atoms with Gasteiger partial charge < -0.3 is 5.32 Å². The van der Waals surface area contributed by atoms with E-state index in [0.29, 0.717) is 19.0 Å². The van der Waals surface area contributed by atoms with E-state index in [1.54, 1.807) is 14.1 Å². The van der Waals surface area contributed by atoms with Crippen molar-refractivity contribution in [1.82, 2.24) is 13.9 Å². The van der Waals surface area contributed by atoms with E-state index in [1.807, 2.05) is 30.3 Å². The molecule has 1 fully saturated rings. The molecule has 0 aliphatic carbocycles. The smallest absolute Gasteiger partial charge is 0.281 e. The van der Waals surface area contributed by atoms with Crippen LogP contribution in [0, 0.1) is 5.92 Å². The van der Waals surface area contributed by atoms with Gasteiger partial charge in [-0.15, -0.1) is 0 Å². The number of rotatable bonds is 6. The highest BCUT2D eigenvalue weighted by molar-refractivity contribution is 7.86. The molecule has 1 atom stereocenters. The Morgan fingerprint density at radius 2 is 1.90 bits per heavy atom. The van der Waals surface area contributed by atoms with Crippen molar-refractivity contribution in [3.8, 4) is 0 Å². The van der Waals surface area contributed by atoms with Crippen LogP contribution in [0.1, 0.15) is 18.4 Å². The highest BCUT2D eigenvalue weighted by atomic mass is 32.2. The van der Waals surface area contributed by atoms with Gasteiger partial charge in [0.25, 0.3) is 10.2 Å². The van der Waals surface area contributed by atoms with Crippen LogP contribution in [0.15, 0.2) is 30.3 Å². The van der Waals surface area contributed by atoms with Gasteiger partial charge in [-0.25, -0.2) is 0 Å². The Morgan fingerprint density at radius 3 is 2.52 bits per heavy atom. The first-order valence-electron chi connectivity index (χ1n) is 7.42. The maximum atomic E-state index is 12.5. The molecule has 21 heavy (non-hydrogen) atoms. The van der Waals surface area contributed by atoms with E-state index in [1.165, 1.54) is 8.61 Å². The second kappa shape index (κ2) is 7.35. The fourth-order valence-corrected chi connectivity index (χ4v) is 3.88. The maximum Gasteiger partial charge on any atom is 0.281 e. The van der Waals surface area contributed by atoms with E-state index in [2.05, 4.69) is 5.32 Å². The minimum atomic E-state index is -3.40. The van der Waals surface area contributed by atoms with Gasteiger partial charge in [-0.1, -0.05) is 30.3 Å². The van der Waals surface area contributed by atoms with Crippen molar-refractivity contribution in [3.63, 3.8) is 0 Å². The van der Waals surface area contributed by atoms with Crippen LogP contribution in [0.5, 0.6) is 0 Å². The largest absolute Gasteiger partial charge is 0.316 e. The molecule has 1 aromatic carbocycles. The van der Waals surface area contributed by atoms with Gasteiger partial charge >= 0.3 is 0 Å². The summed E-state index contributed by atoms with van der Waals surface area (Å²) in [6.45, 7) is 2.92. The van der Waals surface area contributed by atoms with Crippen LogP contribution in [0.3, 0.4) is 0 Å². The number of hydrogen-bond acceptors (Lipinski definition) is 3. The van der Waals surface area contributed by atoms with Gasteiger partial charge in [-0.3, -0.25) is 0 Å². The number of piperidine rings is 1. The lowest BCUT2D eigenvalue weighted by Crippen LogP contribution is -2.44. The normalized spacial score (nSPS) is 20.1. The molecule has 1 aliphatic rings. The predicted molar refractivity (Wildman–Crippen MR) is 85.1 cm³/mol. The highest BCUT2D eigenvalue weighted by Gasteiger charge is 2.26. The van der Waals surface area contributed by atoms with Crippen molar-refractivity contribution in [2.75, 3.05) is 33.7 Å². The fraction of sp³-hybridized carbons (Fsp3) is 0.600. The molecule has 5 nitrogen and oxygen atoms in total. The Balaban J connectivity index is 1.95. The number of benzene rings is 1. The molecule has 1 N–H and O–H groups in total. The summed E-state index contributed by atoms with van der Waals surface area (Å²) in [7, 11) is -0.0888. The van der Waals surface area contributed by atoms with Crippen molar-refractivity contribution >= 4 is 10.2 Å². The topological polar surface area (TPSA) is 52.7 Å². The third-order valence-electron chi connectivity index (χ3n) is 3.95. The lowest BCUT2D eigenvalue weighted by Gasteiger charge is -2.29. The minimum absolute atomic E-state index is 0.399. The number of hydrogen-bond donors (Lipinski definition) is 1. The van der Waals surface area contributed by atoms with Crippen molar-refractivity contribution in [3.05, 3.63) is 35.9 Å². The molecule has 1 aliphatic heterocycles. The molecule has 1 heterocycles. The first-order valence-corrected chi connectivity index (χ1v) is 8.82. The second-order valence-electron chi connectivity index (χ2n) is 5.74. The standard InChI is InChI=1S/C15H25N3O2S/c1-17(12-14-7-4-3-5-8-14)21(19,20)18(2)13-15-9-6-10-16-11-15/h3-5,7-8,15-16H,6,9-13H2,1-2H3. The average molecular weight is 311 g/mol. The molecule has 1 unspecified atom stereocenters. The molecular weight excluding hydrogens is 286 g/mol.